The Balaban J connectivity index is 1.67. The molecular formula is C18H22N6O. The summed E-state index contributed by atoms with van der Waals surface area (Å²) in [5, 5.41) is 10.4. The Morgan fingerprint density at radius 3 is 2.72 bits per heavy atom. The molecule has 1 amide bonds. The number of nitrogens with zero attached hydrogens (tertiary/aromatic N) is 3. The van der Waals surface area contributed by atoms with Crippen LogP contribution in [0.4, 0.5) is 5.69 Å². The molecule has 7 nitrogen and oxygen atoms in total. The smallest absolute Gasteiger partial charge is 0.257 e. The van der Waals surface area contributed by atoms with Gasteiger partial charge in [0.25, 0.3) is 5.91 Å². The second kappa shape index (κ2) is 7.76. The van der Waals surface area contributed by atoms with E-state index in [0.29, 0.717) is 24.3 Å². The molecule has 0 aliphatic carbocycles. The molecule has 3 rings (SSSR count). The first-order valence-electron chi connectivity index (χ1n) is 8.34. The molecule has 0 aliphatic rings. The zero-order chi connectivity index (χ0) is 17.6. The van der Waals surface area contributed by atoms with Crippen LogP contribution in [0.3, 0.4) is 0 Å². The normalized spacial score (nSPS) is 10.8. The number of rotatable bonds is 7. The fourth-order valence-corrected chi connectivity index (χ4v) is 2.59. The minimum Gasteiger partial charge on any atom is -0.385 e. The highest BCUT2D eigenvalue weighted by atomic mass is 16.1. The van der Waals surface area contributed by atoms with Gasteiger partial charge in [-0.1, -0.05) is 12.1 Å². The van der Waals surface area contributed by atoms with E-state index in [1.165, 1.54) is 6.20 Å². The van der Waals surface area contributed by atoms with E-state index in [9.17, 15) is 4.79 Å². The van der Waals surface area contributed by atoms with E-state index in [0.717, 1.165) is 29.8 Å². The molecule has 0 fully saturated rings. The van der Waals surface area contributed by atoms with Crippen LogP contribution in [0, 0.1) is 0 Å². The maximum Gasteiger partial charge on any atom is 0.257 e. The van der Waals surface area contributed by atoms with E-state index in [1.807, 2.05) is 30.5 Å². The predicted octanol–water partition coefficient (Wildman–Crippen LogP) is 1.59. The van der Waals surface area contributed by atoms with E-state index in [4.69, 9.17) is 5.73 Å². The number of nitrogens with two attached hydrogens (primary N) is 1. The highest BCUT2D eigenvalue weighted by molar-refractivity contribution is 5.99. The molecule has 2 aromatic heterocycles. The highest BCUT2D eigenvalue weighted by Crippen LogP contribution is 2.11. The molecule has 7 heteroatoms. The fourth-order valence-electron chi connectivity index (χ4n) is 2.59. The molecule has 3 aromatic rings. The minimum atomic E-state index is -0.190. The highest BCUT2D eigenvalue weighted by Gasteiger charge is 2.14. The van der Waals surface area contributed by atoms with E-state index in [2.05, 4.69) is 27.6 Å². The van der Waals surface area contributed by atoms with Crippen LogP contribution in [0.1, 0.15) is 28.4 Å². The number of hydrogen-bond acceptors (Lipinski definition) is 5. The molecular weight excluding hydrogens is 316 g/mol. The number of anilines is 1. The number of benzene rings is 1. The number of nitrogens with one attached hydrogen (secondary N) is 2. The lowest BCUT2D eigenvalue weighted by Gasteiger charge is -2.07. The van der Waals surface area contributed by atoms with Crippen LogP contribution in [0.5, 0.6) is 0 Å². The van der Waals surface area contributed by atoms with Crippen molar-refractivity contribution in [2.24, 2.45) is 5.73 Å². The molecule has 25 heavy (non-hydrogen) atoms. The third-order valence-corrected chi connectivity index (χ3v) is 3.88. The Hall–Kier alpha value is -2.93. The Bertz CT molecular complexity index is 856. The maximum atomic E-state index is 12.4. The molecule has 0 saturated heterocycles. The van der Waals surface area contributed by atoms with Gasteiger partial charge in [0.05, 0.1) is 6.20 Å². The van der Waals surface area contributed by atoms with Gasteiger partial charge in [-0.2, -0.15) is 5.10 Å². The van der Waals surface area contributed by atoms with Crippen LogP contribution in [-0.2, 0) is 13.0 Å². The van der Waals surface area contributed by atoms with E-state index in [1.54, 1.807) is 10.7 Å². The molecule has 4 N–H and O–H groups in total. The molecule has 130 valence electrons. The molecule has 0 atom stereocenters. The van der Waals surface area contributed by atoms with Gasteiger partial charge in [0.2, 0.25) is 0 Å². The largest absolute Gasteiger partial charge is 0.385 e. The van der Waals surface area contributed by atoms with Gasteiger partial charge >= 0.3 is 0 Å². The summed E-state index contributed by atoms with van der Waals surface area (Å²) in [7, 11) is 0. The first-order valence-corrected chi connectivity index (χ1v) is 8.34. The Kier molecular flexibility index (Phi) is 5.25. The van der Waals surface area contributed by atoms with Crippen LogP contribution in [0.25, 0.3) is 5.65 Å². The van der Waals surface area contributed by atoms with Crippen molar-refractivity contribution in [3.05, 3.63) is 59.5 Å². The molecule has 0 radical (unpaired) electrons. The predicted molar refractivity (Wildman–Crippen MR) is 97.5 cm³/mol. The van der Waals surface area contributed by atoms with Gasteiger partial charge in [0.1, 0.15) is 5.56 Å². The quantitative estimate of drug-likeness (QED) is 0.608. The number of hydrogen-bond donors (Lipinski definition) is 3. The molecule has 0 bridgehead atoms. The second-order valence-electron chi connectivity index (χ2n) is 5.74. The van der Waals surface area contributed by atoms with Crippen molar-refractivity contribution in [1.29, 1.82) is 0 Å². The SMILES string of the molecule is CCNc1ccc(CNC(=O)c2cnn3cc(CCN)cnc23)cc1. The number of carbonyl (C=O) groups excluding carboxylic acids is 1. The lowest BCUT2D eigenvalue weighted by molar-refractivity contribution is 0.0952. The average molecular weight is 338 g/mol. The first-order chi connectivity index (χ1) is 12.2. The zero-order valence-corrected chi connectivity index (χ0v) is 14.2. The number of fused-ring (bicyclic) bond motifs is 1. The molecule has 0 aliphatic heterocycles. The van der Waals surface area contributed by atoms with Crippen molar-refractivity contribution in [2.45, 2.75) is 19.9 Å². The topological polar surface area (TPSA) is 97.3 Å². The van der Waals surface area contributed by atoms with Crippen LogP contribution < -0.4 is 16.4 Å². The summed E-state index contributed by atoms with van der Waals surface area (Å²) in [4.78, 5) is 16.8. The van der Waals surface area contributed by atoms with Crippen LogP contribution in [0.15, 0.2) is 42.9 Å². The van der Waals surface area contributed by atoms with Crippen molar-refractivity contribution in [1.82, 2.24) is 19.9 Å². The Morgan fingerprint density at radius 1 is 1.20 bits per heavy atom. The monoisotopic (exact) mass is 338 g/mol. The van der Waals surface area contributed by atoms with E-state index in [-0.39, 0.29) is 5.91 Å². The molecule has 0 saturated carbocycles. The Morgan fingerprint density at radius 2 is 2.00 bits per heavy atom. The van der Waals surface area contributed by atoms with Crippen molar-refractivity contribution in [3.63, 3.8) is 0 Å². The first kappa shape index (κ1) is 16.9. The Labute approximate surface area is 146 Å². The third kappa shape index (κ3) is 3.95. The zero-order valence-electron chi connectivity index (χ0n) is 14.2. The third-order valence-electron chi connectivity index (χ3n) is 3.88. The average Bonchev–Trinajstić information content (AvgIpc) is 3.05. The summed E-state index contributed by atoms with van der Waals surface area (Å²) in [6.07, 6.45) is 5.86. The lowest BCUT2D eigenvalue weighted by atomic mass is 10.2. The van der Waals surface area contributed by atoms with Crippen molar-refractivity contribution in [3.8, 4) is 0 Å². The van der Waals surface area contributed by atoms with Gasteiger partial charge in [0.15, 0.2) is 5.65 Å². The molecule has 0 spiro atoms. The molecule has 2 heterocycles. The number of carbonyl (C=O) groups is 1. The summed E-state index contributed by atoms with van der Waals surface area (Å²) < 4.78 is 1.62. The van der Waals surface area contributed by atoms with Gasteiger partial charge in [0, 0.05) is 31.2 Å². The fraction of sp³-hybridized carbons (Fsp3) is 0.278. The van der Waals surface area contributed by atoms with Gasteiger partial charge in [-0.25, -0.2) is 9.50 Å². The summed E-state index contributed by atoms with van der Waals surface area (Å²) >= 11 is 0. The standard InChI is InChI=1S/C18H22N6O/c1-2-20-15-5-3-13(4-6-15)9-22-18(25)16-11-23-24-12-14(7-8-19)10-21-17(16)24/h3-6,10-12,20H,2,7-9,19H2,1H3,(H,22,25). The summed E-state index contributed by atoms with van der Waals surface area (Å²) in [6, 6.07) is 7.99. The number of aromatic nitrogens is 3. The van der Waals surface area contributed by atoms with E-state index >= 15 is 0 Å². The maximum absolute atomic E-state index is 12.4. The lowest BCUT2D eigenvalue weighted by Crippen LogP contribution is -2.22. The second-order valence-corrected chi connectivity index (χ2v) is 5.74. The van der Waals surface area contributed by atoms with Gasteiger partial charge in [-0.05, 0) is 43.1 Å². The van der Waals surface area contributed by atoms with Crippen molar-refractivity contribution < 1.29 is 4.79 Å². The molecule has 0 unspecified atom stereocenters. The van der Waals surface area contributed by atoms with E-state index < -0.39 is 0 Å². The minimum absolute atomic E-state index is 0.190. The van der Waals surface area contributed by atoms with Crippen LogP contribution in [-0.4, -0.2) is 33.6 Å². The van der Waals surface area contributed by atoms with Crippen molar-refractivity contribution >= 4 is 17.2 Å². The van der Waals surface area contributed by atoms with Crippen molar-refractivity contribution in [2.75, 3.05) is 18.4 Å². The van der Waals surface area contributed by atoms with Gasteiger partial charge < -0.3 is 16.4 Å². The van der Waals surface area contributed by atoms with Crippen LogP contribution >= 0.6 is 0 Å². The summed E-state index contributed by atoms with van der Waals surface area (Å²) in [5.74, 6) is -0.190. The summed E-state index contributed by atoms with van der Waals surface area (Å²) in [5.41, 5.74) is 9.65. The van der Waals surface area contributed by atoms with Gasteiger partial charge in [-0.15, -0.1) is 0 Å². The van der Waals surface area contributed by atoms with Gasteiger partial charge in [-0.3, -0.25) is 4.79 Å². The molecule has 1 aromatic carbocycles. The summed E-state index contributed by atoms with van der Waals surface area (Å²) in [6.45, 7) is 3.93. The van der Waals surface area contributed by atoms with Crippen LogP contribution in [0.2, 0.25) is 0 Å². The number of amides is 1.